The van der Waals surface area contributed by atoms with E-state index < -0.39 is 24.1 Å². The van der Waals surface area contributed by atoms with Gasteiger partial charge in [-0.15, -0.1) is 6.58 Å². The summed E-state index contributed by atoms with van der Waals surface area (Å²) in [4.78, 5) is 9.92. The first-order valence-electron chi connectivity index (χ1n) is 2.99. The van der Waals surface area contributed by atoms with E-state index >= 15 is 0 Å². The number of alkyl halides is 3. The maximum absolute atomic E-state index is 11.9. The van der Waals surface area contributed by atoms with Crippen molar-refractivity contribution < 1.29 is 23.1 Å². The van der Waals surface area contributed by atoms with Crippen molar-refractivity contribution in [3.8, 4) is 0 Å². The minimum absolute atomic E-state index is 0.141. The summed E-state index contributed by atoms with van der Waals surface area (Å²) in [6, 6.07) is 0. The third-order valence-corrected chi connectivity index (χ3v) is 1.03. The maximum Gasteiger partial charge on any atom is 0.413 e. The molecule has 0 heterocycles. The molecule has 0 aromatic carbocycles. The van der Waals surface area contributed by atoms with Gasteiger partial charge >= 0.3 is 12.1 Å². The van der Waals surface area contributed by atoms with Crippen LogP contribution in [-0.4, -0.2) is 17.3 Å². The standard InChI is InChI=1S/C7H7F3O2/c1-2-3-5(4-6(11)12)7(8,9)10/h2,4H,1,3H2,(H,11,12)/b5-4+. The summed E-state index contributed by atoms with van der Waals surface area (Å²) in [5.41, 5.74) is -1.11. The molecule has 0 aliphatic heterocycles. The molecular formula is C7H7F3O2. The quantitative estimate of drug-likeness (QED) is 0.533. The van der Waals surface area contributed by atoms with Crippen LogP contribution in [-0.2, 0) is 4.79 Å². The van der Waals surface area contributed by atoms with Crippen LogP contribution in [0, 0.1) is 0 Å². The maximum atomic E-state index is 11.9. The predicted octanol–water partition coefficient (Wildman–Crippen LogP) is 2.14. The van der Waals surface area contributed by atoms with Gasteiger partial charge in [0, 0.05) is 11.6 Å². The average molecular weight is 180 g/mol. The van der Waals surface area contributed by atoms with E-state index in [1.54, 1.807) is 0 Å². The fourth-order valence-electron chi connectivity index (χ4n) is 0.561. The van der Waals surface area contributed by atoms with Crippen LogP contribution in [0.15, 0.2) is 24.3 Å². The molecule has 12 heavy (non-hydrogen) atoms. The van der Waals surface area contributed by atoms with Gasteiger partial charge in [-0.05, 0) is 6.42 Å². The number of aliphatic carboxylic acids is 1. The second kappa shape index (κ2) is 3.94. The Kier molecular flexibility index (Phi) is 3.53. The smallest absolute Gasteiger partial charge is 0.413 e. The van der Waals surface area contributed by atoms with E-state index in [4.69, 9.17) is 5.11 Å². The molecule has 68 valence electrons. The summed E-state index contributed by atoms with van der Waals surface area (Å²) in [7, 11) is 0. The lowest BCUT2D eigenvalue weighted by atomic mass is 10.1. The van der Waals surface area contributed by atoms with Gasteiger partial charge in [0.05, 0.1) is 0 Å². The molecule has 0 aromatic heterocycles. The van der Waals surface area contributed by atoms with Gasteiger partial charge in [0.2, 0.25) is 0 Å². The monoisotopic (exact) mass is 180 g/mol. The van der Waals surface area contributed by atoms with Gasteiger partial charge in [0.1, 0.15) is 0 Å². The summed E-state index contributed by atoms with van der Waals surface area (Å²) in [5.74, 6) is -1.61. The number of rotatable bonds is 3. The Hall–Kier alpha value is -1.26. The fraction of sp³-hybridized carbons (Fsp3) is 0.286. The number of carbonyl (C=O) groups is 1. The molecule has 2 nitrogen and oxygen atoms in total. The van der Waals surface area contributed by atoms with Crippen molar-refractivity contribution in [2.75, 3.05) is 0 Å². The van der Waals surface area contributed by atoms with Crippen LogP contribution in [0.4, 0.5) is 13.2 Å². The molecule has 0 fully saturated rings. The van der Waals surface area contributed by atoms with E-state index in [0.29, 0.717) is 0 Å². The first-order chi connectivity index (χ1) is 5.38. The Bertz CT molecular complexity index is 215. The first-order valence-corrected chi connectivity index (χ1v) is 2.99. The highest BCUT2D eigenvalue weighted by atomic mass is 19.4. The molecule has 0 unspecified atom stereocenters. The zero-order valence-corrected chi connectivity index (χ0v) is 6.06. The zero-order valence-electron chi connectivity index (χ0n) is 6.06. The molecule has 5 heteroatoms. The lowest BCUT2D eigenvalue weighted by molar-refractivity contribution is -0.132. The Morgan fingerprint density at radius 2 is 2.00 bits per heavy atom. The number of halogens is 3. The van der Waals surface area contributed by atoms with E-state index in [1.807, 2.05) is 0 Å². The number of carboxylic acids is 1. The zero-order chi connectivity index (χ0) is 9.78. The van der Waals surface area contributed by atoms with Gasteiger partial charge in [-0.2, -0.15) is 13.2 Å². The highest BCUT2D eigenvalue weighted by Gasteiger charge is 2.32. The second-order valence-corrected chi connectivity index (χ2v) is 2.00. The number of hydrogen-bond donors (Lipinski definition) is 1. The van der Waals surface area contributed by atoms with E-state index in [2.05, 4.69) is 6.58 Å². The normalized spacial score (nSPS) is 12.8. The van der Waals surface area contributed by atoms with Gasteiger partial charge in [0.15, 0.2) is 0 Å². The van der Waals surface area contributed by atoms with E-state index in [1.165, 1.54) is 0 Å². The topological polar surface area (TPSA) is 37.3 Å². The molecule has 0 saturated heterocycles. The number of hydrogen-bond acceptors (Lipinski definition) is 1. The summed E-state index contributed by atoms with van der Waals surface area (Å²) in [5, 5.41) is 8.06. The van der Waals surface area contributed by atoms with Crippen LogP contribution < -0.4 is 0 Å². The summed E-state index contributed by atoms with van der Waals surface area (Å²) >= 11 is 0. The molecule has 0 atom stereocenters. The molecule has 0 aliphatic rings. The van der Waals surface area contributed by atoms with Crippen LogP contribution in [0.1, 0.15) is 6.42 Å². The number of carboxylic acid groups (broad SMARTS) is 1. The fourth-order valence-corrected chi connectivity index (χ4v) is 0.561. The molecule has 1 N–H and O–H groups in total. The lowest BCUT2D eigenvalue weighted by Gasteiger charge is -2.07. The Balaban J connectivity index is 4.66. The van der Waals surface area contributed by atoms with Crippen LogP contribution in [0.3, 0.4) is 0 Å². The van der Waals surface area contributed by atoms with Crippen molar-refractivity contribution in [1.82, 2.24) is 0 Å². The lowest BCUT2D eigenvalue weighted by Crippen LogP contribution is -2.13. The molecule has 0 saturated carbocycles. The van der Waals surface area contributed by atoms with Crippen LogP contribution in [0.25, 0.3) is 0 Å². The minimum Gasteiger partial charge on any atom is -0.478 e. The van der Waals surface area contributed by atoms with Crippen molar-refractivity contribution in [3.05, 3.63) is 24.3 Å². The average Bonchev–Trinajstić information content (AvgIpc) is 1.83. The third-order valence-electron chi connectivity index (χ3n) is 1.03. The van der Waals surface area contributed by atoms with E-state index in [-0.39, 0.29) is 6.08 Å². The van der Waals surface area contributed by atoms with E-state index in [9.17, 15) is 18.0 Å². The molecule has 0 radical (unpaired) electrons. The Morgan fingerprint density at radius 1 is 1.50 bits per heavy atom. The van der Waals surface area contributed by atoms with Crippen molar-refractivity contribution >= 4 is 5.97 Å². The van der Waals surface area contributed by atoms with Crippen molar-refractivity contribution in [1.29, 1.82) is 0 Å². The minimum atomic E-state index is -4.59. The van der Waals surface area contributed by atoms with Crippen molar-refractivity contribution in [3.63, 3.8) is 0 Å². The van der Waals surface area contributed by atoms with Crippen LogP contribution in [0.2, 0.25) is 0 Å². The third kappa shape index (κ3) is 3.80. The van der Waals surface area contributed by atoms with Crippen LogP contribution >= 0.6 is 0 Å². The van der Waals surface area contributed by atoms with Crippen molar-refractivity contribution in [2.45, 2.75) is 12.6 Å². The Morgan fingerprint density at radius 3 is 2.25 bits per heavy atom. The molecule has 0 aromatic rings. The second-order valence-electron chi connectivity index (χ2n) is 2.00. The first kappa shape index (κ1) is 10.7. The van der Waals surface area contributed by atoms with Gasteiger partial charge < -0.3 is 5.11 Å². The molecule has 0 rings (SSSR count). The van der Waals surface area contributed by atoms with Gasteiger partial charge in [-0.3, -0.25) is 0 Å². The van der Waals surface area contributed by atoms with Gasteiger partial charge in [0.25, 0.3) is 0 Å². The van der Waals surface area contributed by atoms with Crippen molar-refractivity contribution in [2.24, 2.45) is 0 Å². The van der Waals surface area contributed by atoms with Crippen LogP contribution in [0.5, 0.6) is 0 Å². The molecular weight excluding hydrogens is 173 g/mol. The molecule has 0 spiro atoms. The van der Waals surface area contributed by atoms with Gasteiger partial charge in [-0.1, -0.05) is 6.08 Å². The molecule has 0 bridgehead atoms. The van der Waals surface area contributed by atoms with Gasteiger partial charge in [-0.25, -0.2) is 4.79 Å². The number of allylic oxidation sites excluding steroid dienone is 2. The summed E-state index contributed by atoms with van der Waals surface area (Å²) < 4.78 is 35.7. The van der Waals surface area contributed by atoms with E-state index in [0.717, 1.165) is 6.08 Å². The highest BCUT2D eigenvalue weighted by Crippen LogP contribution is 2.27. The molecule has 0 amide bonds. The molecule has 0 aliphatic carbocycles. The highest BCUT2D eigenvalue weighted by molar-refractivity contribution is 5.81. The summed E-state index contributed by atoms with van der Waals surface area (Å²) in [6.07, 6.45) is -3.94. The summed E-state index contributed by atoms with van der Waals surface area (Å²) in [6.45, 7) is 3.09. The predicted molar refractivity (Wildman–Crippen MR) is 36.6 cm³/mol. The SMILES string of the molecule is C=CC/C(=C\C(=O)O)C(F)(F)F. The Labute approximate surface area is 67.0 Å². The largest absolute Gasteiger partial charge is 0.478 e.